The molecule has 3 heterocycles. The molecule has 6 nitrogen and oxygen atoms in total. The van der Waals surface area contributed by atoms with Gasteiger partial charge in [-0.05, 0) is 31.5 Å². The van der Waals surface area contributed by atoms with Gasteiger partial charge in [-0.15, -0.1) is 0 Å². The molecule has 2 saturated heterocycles. The summed E-state index contributed by atoms with van der Waals surface area (Å²) >= 11 is 0. The first kappa shape index (κ1) is 13.3. The first-order valence-electron chi connectivity index (χ1n) is 7.02. The minimum Gasteiger partial charge on any atom is -0.478 e. The zero-order chi connectivity index (χ0) is 13.9. The largest absolute Gasteiger partial charge is 0.478 e. The summed E-state index contributed by atoms with van der Waals surface area (Å²) in [7, 11) is 0. The third-order valence-corrected chi connectivity index (χ3v) is 4.00. The normalized spacial score (nSPS) is 26.2. The minimum atomic E-state index is -0.968. The van der Waals surface area contributed by atoms with Crippen molar-refractivity contribution >= 4 is 11.8 Å². The molecule has 2 atom stereocenters. The number of anilines is 1. The number of fused-ring (bicyclic) bond motifs is 1. The lowest BCUT2D eigenvalue weighted by Crippen LogP contribution is -2.48. The second-order valence-corrected chi connectivity index (χ2v) is 5.33. The predicted octanol–water partition coefficient (Wildman–Crippen LogP) is 1.05. The summed E-state index contributed by atoms with van der Waals surface area (Å²) in [5.41, 5.74) is 0.197. The smallest absolute Gasteiger partial charge is 0.339 e. The number of ether oxygens (including phenoxy) is 1. The minimum absolute atomic E-state index is 0.0907. The Bertz CT molecular complexity index is 494. The van der Waals surface area contributed by atoms with Crippen LogP contribution in [0.3, 0.4) is 0 Å². The van der Waals surface area contributed by atoms with E-state index in [1.54, 1.807) is 18.3 Å². The van der Waals surface area contributed by atoms with E-state index in [-0.39, 0.29) is 11.7 Å². The third kappa shape index (κ3) is 2.76. The number of carboxylic acids is 1. The Labute approximate surface area is 117 Å². The Morgan fingerprint density at radius 3 is 3.35 bits per heavy atom. The number of nitrogens with one attached hydrogen (secondary N) is 1. The zero-order valence-corrected chi connectivity index (χ0v) is 11.3. The van der Waals surface area contributed by atoms with Gasteiger partial charge in [-0.1, -0.05) is 0 Å². The fraction of sp³-hybridized carbons (Fsp3) is 0.571. The summed E-state index contributed by atoms with van der Waals surface area (Å²) in [5.74, 6) is -0.558. The van der Waals surface area contributed by atoms with Gasteiger partial charge in [0.15, 0.2) is 0 Å². The van der Waals surface area contributed by atoms with E-state index < -0.39 is 5.97 Å². The highest BCUT2D eigenvalue weighted by molar-refractivity contribution is 5.92. The Hall–Kier alpha value is -1.66. The van der Waals surface area contributed by atoms with Gasteiger partial charge in [-0.2, -0.15) is 0 Å². The molecule has 1 aromatic heterocycles. The molecule has 0 aliphatic carbocycles. The summed E-state index contributed by atoms with van der Waals surface area (Å²) < 4.78 is 5.83. The number of rotatable bonds is 4. The lowest BCUT2D eigenvalue weighted by atomic mass is 10.2. The number of pyridine rings is 1. The molecule has 1 aromatic rings. The van der Waals surface area contributed by atoms with Crippen molar-refractivity contribution in [1.29, 1.82) is 0 Å². The van der Waals surface area contributed by atoms with E-state index in [0.29, 0.717) is 18.4 Å². The molecule has 0 radical (unpaired) electrons. The van der Waals surface area contributed by atoms with Gasteiger partial charge in [0.1, 0.15) is 11.4 Å². The Kier molecular flexibility index (Phi) is 3.84. The fourth-order valence-electron chi connectivity index (χ4n) is 2.94. The maximum atomic E-state index is 11.1. The van der Waals surface area contributed by atoms with E-state index in [0.717, 1.165) is 19.7 Å². The van der Waals surface area contributed by atoms with Gasteiger partial charge in [-0.3, -0.25) is 4.90 Å². The summed E-state index contributed by atoms with van der Waals surface area (Å²) in [6, 6.07) is 3.76. The molecule has 0 amide bonds. The van der Waals surface area contributed by atoms with Gasteiger partial charge in [0.25, 0.3) is 0 Å². The van der Waals surface area contributed by atoms with Crippen LogP contribution >= 0.6 is 0 Å². The average Bonchev–Trinajstić information content (AvgIpc) is 2.92. The fourth-order valence-corrected chi connectivity index (χ4v) is 2.94. The van der Waals surface area contributed by atoms with Crippen LogP contribution in [-0.4, -0.2) is 59.3 Å². The van der Waals surface area contributed by atoms with Crippen LogP contribution in [0, 0.1) is 0 Å². The number of nitrogens with zero attached hydrogens (tertiary/aromatic N) is 2. The van der Waals surface area contributed by atoms with E-state index in [4.69, 9.17) is 9.84 Å². The lowest BCUT2D eigenvalue weighted by Gasteiger charge is -2.35. The molecule has 2 fully saturated rings. The van der Waals surface area contributed by atoms with Crippen LogP contribution in [0.1, 0.15) is 23.2 Å². The van der Waals surface area contributed by atoms with Crippen LogP contribution < -0.4 is 5.32 Å². The second kappa shape index (κ2) is 5.76. The standard InChI is InChI=1S/C14H19N3O3/c18-14(19)12-4-1-5-15-13(12)16-7-11-8-17-6-2-3-10(17)9-20-11/h1,4-5,10-11H,2-3,6-9H2,(H,15,16)(H,18,19). The Balaban J connectivity index is 1.58. The second-order valence-electron chi connectivity index (χ2n) is 5.33. The first-order chi connectivity index (χ1) is 9.74. The summed E-state index contributed by atoms with van der Waals surface area (Å²) in [4.78, 5) is 17.7. The predicted molar refractivity (Wildman–Crippen MR) is 74.0 cm³/mol. The van der Waals surface area contributed by atoms with E-state index in [2.05, 4.69) is 15.2 Å². The van der Waals surface area contributed by atoms with E-state index in [9.17, 15) is 4.79 Å². The maximum Gasteiger partial charge on any atom is 0.339 e. The molecule has 2 unspecified atom stereocenters. The average molecular weight is 277 g/mol. The number of morpholine rings is 1. The van der Waals surface area contributed by atoms with Crippen LogP contribution in [0.2, 0.25) is 0 Å². The molecule has 0 aromatic carbocycles. The van der Waals surface area contributed by atoms with Crippen molar-refractivity contribution in [2.45, 2.75) is 25.0 Å². The molecule has 0 bridgehead atoms. The van der Waals surface area contributed by atoms with Crippen molar-refractivity contribution in [3.05, 3.63) is 23.9 Å². The van der Waals surface area contributed by atoms with Crippen LogP contribution in [0.15, 0.2) is 18.3 Å². The molecule has 3 rings (SSSR count). The van der Waals surface area contributed by atoms with E-state index in [1.165, 1.54) is 12.8 Å². The molecule has 2 aliphatic heterocycles. The Morgan fingerprint density at radius 1 is 1.60 bits per heavy atom. The number of carboxylic acid groups (broad SMARTS) is 1. The van der Waals surface area contributed by atoms with Crippen LogP contribution in [0.25, 0.3) is 0 Å². The maximum absolute atomic E-state index is 11.1. The molecule has 108 valence electrons. The van der Waals surface area contributed by atoms with Crippen molar-refractivity contribution < 1.29 is 14.6 Å². The first-order valence-corrected chi connectivity index (χ1v) is 7.02. The monoisotopic (exact) mass is 277 g/mol. The molecule has 0 spiro atoms. The van der Waals surface area contributed by atoms with Gasteiger partial charge in [0.2, 0.25) is 0 Å². The highest BCUT2D eigenvalue weighted by Gasteiger charge is 2.32. The van der Waals surface area contributed by atoms with Gasteiger partial charge in [0.05, 0.1) is 12.7 Å². The quantitative estimate of drug-likeness (QED) is 0.857. The number of hydrogen-bond donors (Lipinski definition) is 2. The van der Waals surface area contributed by atoms with Crippen LogP contribution in [-0.2, 0) is 4.74 Å². The zero-order valence-electron chi connectivity index (χ0n) is 11.3. The summed E-state index contributed by atoms with van der Waals surface area (Å²) in [6.07, 6.45) is 4.15. The van der Waals surface area contributed by atoms with Crippen molar-refractivity contribution in [1.82, 2.24) is 9.88 Å². The van der Waals surface area contributed by atoms with E-state index in [1.807, 2.05) is 0 Å². The molecular formula is C14H19N3O3. The van der Waals surface area contributed by atoms with Crippen molar-refractivity contribution in [2.24, 2.45) is 0 Å². The summed E-state index contributed by atoms with van der Waals surface area (Å²) in [6.45, 7) is 3.42. The van der Waals surface area contributed by atoms with Crippen molar-refractivity contribution in [2.75, 3.05) is 31.6 Å². The highest BCUT2D eigenvalue weighted by atomic mass is 16.5. The van der Waals surface area contributed by atoms with Gasteiger partial charge < -0.3 is 15.2 Å². The van der Waals surface area contributed by atoms with Crippen molar-refractivity contribution in [3.8, 4) is 0 Å². The number of aromatic carboxylic acids is 1. The van der Waals surface area contributed by atoms with Crippen molar-refractivity contribution in [3.63, 3.8) is 0 Å². The van der Waals surface area contributed by atoms with Gasteiger partial charge in [-0.25, -0.2) is 9.78 Å². The van der Waals surface area contributed by atoms with Crippen LogP contribution in [0.5, 0.6) is 0 Å². The topological polar surface area (TPSA) is 74.7 Å². The van der Waals surface area contributed by atoms with Gasteiger partial charge >= 0.3 is 5.97 Å². The number of aromatic nitrogens is 1. The van der Waals surface area contributed by atoms with Crippen LogP contribution in [0.4, 0.5) is 5.82 Å². The molecule has 2 aliphatic rings. The summed E-state index contributed by atoms with van der Waals surface area (Å²) in [5, 5.41) is 12.2. The Morgan fingerprint density at radius 2 is 2.50 bits per heavy atom. The molecule has 2 N–H and O–H groups in total. The lowest BCUT2D eigenvalue weighted by molar-refractivity contribution is -0.0416. The molecule has 0 saturated carbocycles. The SMILES string of the molecule is O=C(O)c1cccnc1NCC1CN2CCCC2CO1. The highest BCUT2D eigenvalue weighted by Crippen LogP contribution is 2.22. The molecule has 20 heavy (non-hydrogen) atoms. The third-order valence-electron chi connectivity index (χ3n) is 4.00. The molecule has 6 heteroatoms. The number of hydrogen-bond acceptors (Lipinski definition) is 5. The van der Waals surface area contributed by atoms with Gasteiger partial charge in [0, 0.05) is 25.3 Å². The van der Waals surface area contributed by atoms with E-state index >= 15 is 0 Å². The number of carbonyl (C=O) groups is 1. The molecular weight excluding hydrogens is 258 g/mol.